The standard InChI is InChI=1S/C13H8ClFN2O3S2/c14-9-7-8(15)1-2-10(9)17-22(18,19)13-4-3-12(21-13)11-5-6-16-20-11/h1-7,17H. The summed E-state index contributed by atoms with van der Waals surface area (Å²) in [4.78, 5) is 0.628. The van der Waals surface area contributed by atoms with Gasteiger partial charge in [-0.15, -0.1) is 11.3 Å². The van der Waals surface area contributed by atoms with Gasteiger partial charge in [0.1, 0.15) is 10.0 Å². The van der Waals surface area contributed by atoms with Crippen molar-refractivity contribution >= 4 is 38.6 Å². The molecule has 5 nitrogen and oxygen atoms in total. The van der Waals surface area contributed by atoms with Crippen LogP contribution >= 0.6 is 22.9 Å². The minimum absolute atomic E-state index is 0.0180. The summed E-state index contributed by atoms with van der Waals surface area (Å²) in [5.41, 5.74) is 0.109. The Morgan fingerprint density at radius 2 is 2.05 bits per heavy atom. The van der Waals surface area contributed by atoms with E-state index in [4.69, 9.17) is 16.1 Å². The number of nitrogens with one attached hydrogen (secondary N) is 1. The first-order valence-electron chi connectivity index (χ1n) is 5.94. The molecule has 0 unspecified atom stereocenters. The fourth-order valence-electron chi connectivity index (χ4n) is 1.71. The zero-order valence-electron chi connectivity index (χ0n) is 10.8. The van der Waals surface area contributed by atoms with Crippen molar-refractivity contribution in [1.82, 2.24) is 5.16 Å². The number of anilines is 1. The van der Waals surface area contributed by atoms with Crippen molar-refractivity contribution in [1.29, 1.82) is 0 Å². The quantitative estimate of drug-likeness (QED) is 0.765. The number of aromatic nitrogens is 1. The predicted molar refractivity (Wildman–Crippen MR) is 82.0 cm³/mol. The number of sulfonamides is 1. The maximum atomic E-state index is 13.0. The Morgan fingerprint density at radius 3 is 2.73 bits per heavy atom. The van der Waals surface area contributed by atoms with Gasteiger partial charge in [0.05, 0.1) is 21.8 Å². The Balaban J connectivity index is 1.90. The Bertz CT molecular complexity index is 907. The number of halogens is 2. The smallest absolute Gasteiger partial charge is 0.271 e. The Labute approximate surface area is 134 Å². The topological polar surface area (TPSA) is 72.2 Å². The van der Waals surface area contributed by atoms with Crippen LogP contribution in [-0.2, 0) is 10.0 Å². The van der Waals surface area contributed by atoms with Crippen molar-refractivity contribution in [2.45, 2.75) is 4.21 Å². The van der Waals surface area contributed by atoms with Gasteiger partial charge in [-0.2, -0.15) is 0 Å². The second-order valence-electron chi connectivity index (χ2n) is 4.23. The van der Waals surface area contributed by atoms with E-state index in [9.17, 15) is 12.8 Å². The van der Waals surface area contributed by atoms with Gasteiger partial charge >= 0.3 is 0 Å². The molecule has 3 aromatic rings. The lowest BCUT2D eigenvalue weighted by Gasteiger charge is -2.07. The average Bonchev–Trinajstić information content (AvgIpc) is 3.11. The van der Waals surface area contributed by atoms with E-state index in [1.807, 2.05) is 0 Å². The van der Waals surface area contributed by atoms with Gasteiger partial charge < -0.3 is 4.52 Å². The van der Waals surface area contributed by atoms with Gasteiger partial charge in [-0.3, -0.25) is 4.72 Å². The number of hydrogen-bond donors (Lipinski definition) is 1. The molecule has 114 valence electrons. The third-order valence-electron chi connectivity index (χ3n) is 2.70. The molecule has 0 saturated heterocycles. The number of rotatable bonds is 4. The molecule has 1 aromatic carbocycles. The molecule has 0 atom stereocenters. The van der Waals surface area contributed by atoms with E-state index in [-0.39, 0.29) is 14.9 Å². The average molecular weight is 359 g/mol. The van der Waals surface area contributed by atoms with E-state index < -0.39 is 15.8 Å². The summed E-state index contributed by atoms with van der Waals surface area (Å²) in [7, 11) is -3.82. The lowest BCUT2D eigenvalue weighted by Crippen LogP contribution is -2.11. The molecule has 2 aromatic heterocycles. The fraction of sp³-hybridized carbons (Fsp3) is 0. The van der Waals surface area contributed by atoms with Crippen molar-refractivity contribution in [3.05, 3.63) is 53.4 Å². The van der Waals surface area contributed by atoms with Crippen molar-refractivity contribution in [2.75, 3.05) is 4.72 Å². The molecule has 0 radical (unpaired) electrons. The SMILES string of the molecule is O=S(=O)(Nc1ccc(F)cc1Cl)c1ccc(-c2ccno2)s1. The third-order valence-corrected chi connectivity index (χ3v) is 5.97. The van der Waals surface area contributed by atoms with Gasteiger partial charge in [0.15, 0.2) is 5.76 Å². The third kappa shape index (κ3) is 2.99. The first-order valence-corrected chi connectivity index (χ1v) is 8.62. The fourth-order valence-corrected chi connectivity index (χ4v) is 4.32. The molecular weight excluding hydrogens is 351 g/mol. The largest absolute Gasteiger partial charge is 0.355 e. The molecule has 0 aliphatic heterocycles. The Hall–Kier alpha value is -1.90. The first-order chi connectivity index (χ1) is 10.5. The maximum absolute atomic E-state index is 13.0. The molecule has 2 heterocycles. The van der Waals surface area contributed by atoms with Crippen molar-refractivity contribution in [3.8, 4) is 10.6 Å². The molecule has 0 saturated carbocycles. The molecule has 0 spiro atoms. The first kappa shape index (κ1) is 15.0. The van der Waals surface area contributed by atoms with Crippen molar-refractivity contribution < 1.29 is 17.3 Å². The molecule has 0 amide bonds. The van der Waals surface area contributed by atoms with E-state index in [2.05, 4.69) is 9.88 Å². The second kappa shape index (κ2) is 5.71. The van der Waals surface area contributed by atoms with Crippen LogP contribution in [0.2, 0.25) is 5.02 Å². The van der Waals surface area contributed by atoms with Crippen molar-refractivity contribution in [3.63, 3.8) is 0 Å². The molecule has 0 bridgehead atoms. The highest BCUT2D eigenvalue weighted by Crippen LogP contribution is 2.32. The highest BCUT2D eigenvalue weighted by molar-refractivity contribution is 7.94. The molecule has 3 rings (SSSR count). The van der Waals surface area contributed by atoms with Crippen LogP contribution < -0.4 is 4.72 Å². The van der Waals surface area contributed by atoms with Gasteiger partial charge in [0, 0.05) is 6.07 Å². The van der Waals surface area contributed by atoms with Crippen LogP contribution in [0.25, 0.3) is 10.6 Å². The van der Waals surface area contributed by atoms with Crippen LogP contribution in [0.15, 0.2) is 51.3 Å². The summed E-state index contributed by atoms with van der Waals surface area (Å²) >= 11 is 6.85. The van der Waals surface area contributed by atoms with Gasteiger partial charge in [-0.25, -0.2) is 12.8 Å². The number of hydrogen-bond acceptors (Lipinski definition) is 5. The molecule has 0 aliphatic rings. The zero-order chi connectivity index (χ0) is 15.7. The van der Waals surface area contributed by atoms with E-state index in [0.717, 1.165) is 23.5 Å². The molecule has 22 heavy (non-hydrogen) atoms. The van der Waals surface area contributed by atoms with E-state index in [0.29, 0.717) is 10.6 Å². The molecule has 0 fully saturated rings. The maximum Gasteiger partial charge on any atom is 0.271 e. The molecule has 0 aliphatic carbocycles. The minimum atomic E-state index is -3.82. The minimum Gasteiger partial charge on any atom is -0.355 e. The summed E-state index contributed by atoms with van der Waals surface area (Å²) in [5.74, 6) is -0.0667. The van der Waals surface area contributed by atoms with Crippen LogP contribution in [-0.4, -0.2) is 13.6 Å². The summed E-state index contributed by atoms with van der Waals surface area (Å²) in [6.45, 7) is 0. The van der Waals surface area contributed by atoms with Gasteiger partial charge in [0.25, 0.3) is 10.0 Å². The highest BCUT2D eigenvalue weighted by atomic mass is 35.5. The number of nitrogens with zero attached hydrogens (tertiary/aromatic N) is 1. The number of benzene rings is 1. The Kier molecular flexibility index (Phi) is 3.90. The van der Waals surface area contributed by atoms with Crippen LogP contribution in [0.1, 0.15) is 0 Å². The van der Waals surface area contributed by atoms with Crippen LogP contribution in [0.3, 0.4) is 0 Å². The molecular formula is C13H8ClFN2O3S2. The van der Waals surface area contributed by atoms with Gasteiger partial charge in [0.2, 0.25) is 0 Å². The molecule has 1 N–H and O–H groups in total. The summed E-state index contributed by atoms with van der Waals surface area (Å²) in [6.07, 6.45) is 1.47. The number of thiophene rings is 1. The summed E-state index contributed by atoms with van der Waals surface area (Å²) < 4.78 is 45.0. The Morgan fingerprint density at radius 1 is 1.23 bits per heavy atom. The monoisotopic (exact) mass is 358 g/mol. The summed E-state index contributed by atoms with van der Waals surface area (Å²) in [6, 6.07) is 8.12. The normalized spacial score (nSPS) is 11.5. The van der Waals surface area contributed by atoms with Crippen LogP contribution in [0.5, 0.6) is 0 Å². The van der Waals surface area contributed by atoms with Crippen LogP contribution in [0, 0.1) is 5.82 Å². The highest BCUT2D eigenvalue weighted by Gasteiger charge is 2.19. The van der Waals surface area contributed by atoms with E-state index in [1.165, 1.54) is 18.3 Å². The lowest BCUT2D eigenvalue weighted by atomic mass is 10.3. The lowest BCUT2D eigenvalue weighted by molar-refractivity contribution is 0.433. The zero-order valence-corrected chi connectivity index (χ0v) is 13.2. The van der Waals surface area contributed by atoms with Crippen LogP contribution in [0.4, 0.5) is 10.1 Å². The van der Waals surface area contributed by atoms with Gasteiger partial charge in [-0.05, 0) is 30.3 Å². The van der Waals surface area contributed by atoms with Gasteiger partial charge in [-0.1, -0.05) is 16.8 Å². The van der Waals surface area contributed by atoms with Crippen molar-refractivity contribution in [2.24, 2.45) is 0 Å². The van der Waals surface area contributed by atoms with E-state index in [1.54, 1.807) is 12.1 Å². The molecule has 9 heteroatoms. The van der Waals surface area contributed by atoms with E-state index >= 15 is 0 Å². The predicted octanol–water partition coefficient (Wildman–Crippen LogP) is 4.00. The summed E-state index contributed by atoms with van der Waals surface area (Å²) in [5, 5.41) is 3.55. The second-order valence-corrected chi connectivity index (χ2v) is 7.63.